The number of carbonyl (C=O) groups is 3. The van der Waals surface area contributed by atoms with Gasteiger partial charge in [-0.2, -0.15) is 11.8 Å². The van der Waals surface area contributed by atoms with Gasteiger partial charge in [-0.3, -0.25) is 9.59 Å². The molecule has 7 N–H and O–H groups in total. The minimum atomic E-state index is -1.31. The van der Waals surface area contributed by atoms with Crippen molar-refractivity contribution in [2.75, 3.05) is 18.6 Å². The van der Waals surface area contributed by atoms with Gasteiger partial charge in [0.25, 0.3) is 0 Å². The van der Waals surface area contributed by atoms with Crippen LogP contribution in [0.2, 0.25) is 0 Å². The van der Waals surface area contributed by atoms with Gasteiger partial charge in [-0.15, -0.1) is 0 Å². The molecule has 1 rings (SSSR count). The summed E-state index contributed by atoms with van der Waals surface area (Å²) in [6.07, 6.45) is 2.25. The van der Waals surface area contributed by atoms with Gasteiger partial charge in [-0.05, 0) is 36.1 Å². The molecule has 2 amide bonds. The number of nitrogens with two attached hydrogens (primary N) is 1. The van der Waals surface area contributed by atoms with E-state index in [1.807, 2.05) is 6.26 Å². The van der Waals surface area contributed by atoms with Crippen molar-refractivity contribution in [3.63, 3.8) is 0 Å². The molecule has 0 aliphatic carbocycles. The lowest BCUT2D eigenvalue weighted by atomic mass is 10.1. The van der Waals surface area contributed by atoms with Crippen molar-refractivity contribution < 1.29 is 29.7 Å². The molecular formula is C17H25N3O6S. The third kappa shape index (κ3) is 7.85. The summed E-state index contributed by atoms with van der Waals surface area (Å²) in [5, 5.41) is 32.6. The third-order valence-electron chi connectivity index (χ3n) is 3.78. The lowest BCUT2D eigenvalue weighted by Crippen LogP contribution is -2.56. The average molecular weight is 399 g/mol. The number of aromatic hydroxyl groups is 1. The van der Waals surface area contributed by atoms with Gasteiger partial charge in [-0.1, -0.05) is 12.1 Å². The van der Waals surface area contributed by atoms with E-state index in [1.54, 1.807) is 0 Å². The lowest BCUT2D eigenvalue weighted by Gasteiger charge is -2.21. The van der Waals surface area contributed by atoms with E-state index in [-0.39, 0.29) is 12.2 Å². The Morgan fingerprint density at radius 2 is 1.70 bits per heavy atom. The second-order valence-electron chi connectivity index (χ2n) is 5.90. The van der Waals surface area contributed by atoms with Crippen molar-refractivity contribution in [2.45, 2.75) is 31.0 Å². The van der Waals surface area contributed by atoms with Gasteiger partial charge in [0, 0.05) is 6.42 Å². The number of thioether (sulfide) groups is 1. The molecule has 0 saturated heterocycles. The molecule has 0 aliphatic rings. The van der Waals surface area contributed by atoms with Crippen LogP contribution in [0.25, 0.3) is 0 Å². The number of hydrogen-bond acceptors (Lipinski definition) is 7. The van der Waals surface area contributed by atoms with Gasteiger partial charge in [0.2, 0.25) is 11.8 Å². The smallest absolute Gasteiger partial charge is 0.326 e. The molecule has 1 aromatic carbocycles. The Bertz CT molecular complexity index is 640. The van der Waals surface area contributed by atoms with Crippen LogP contribution >= 0.6 is 11.8 Å². The number of aliphatic hydroxyl groups excluding tert-OH is 1. The summed E-state index contributed by atoms with van der Waals surface area (Å²) in [7, 11) is 0. The molecule has 0 bridgehead atoms. The number of carboxylic acid groups (broad SMARTS) is 1. The molecule has 9 nitrogen and oxygen atoms in total. The summed E-state index contributed by atoms with van der Waals surface area (Å²) in [6.45, 7) is -0.696. The number of carboxylic acids is 1. The first-order valence-electron chi connectivity index (χ1n) is 8.25. The van der Waals surface area contributed by atoms with Crippen LogP contribution in [0.5, 0.6) is 5.75 Å². The number of phenols is 1. The normalized spacial score (nSPS) is 14.0. The molecule has 0 spiro atoms. The summed E-state index contributed by atoms with van der Waals surface area (Å²) < 4.78 is 0. The molecule has 0 aromatic heterocycles. The van der Waals surface area contributed by atoms with Gasteiger partial charge in [0.15, 0.2) is 0 Å². The summed E-state index contributed by atoms with van der Waals surface area (Å²) in [6, 6.07) is 2.48. The quantitative estimate of drug-likeness (QED) is 0.278. The Hall–Kier alpha value is -2.30. The number of rotatable bonds is 11. The zero-order valence-corrected chi connectivity index (χ0v) is 15.7. The van der Waals surface area contributed by atoms with Gasteiger partial charge < -0.3 is 31.7 Å². The van der Waals surface area contributed by atoms with Crippen LogP contribution in [0, 0.1) is 0 Å². The molecule has 0 saturated carbocycles. The Morgan fingerprint density at radius 1 is 1.11 bits per heavy atom. The largest absolute Gasteiger partial charge is 0.508 e. The van der Waals surface area contributed by atoms with Crippen molar-refractivity contribution in [3.05, 3.63) is 29.8 Å². The van der Waals surface area contributed by atoms with Crippen molar-refractivity contribution in [3.8, 4) is 5.75 Å². The van der Waals surface area contributed by atoms with Crippen LogP contribution < -0.4 is 16.4 Å². The number of nitrogens with one attached hydrogen (secondary N) is 2. The van der Waals surface area contributed by atoms with E-state index in [0.717, 1.165) is 0 Å². The van der Waals surface area contributed by atoms with Crippen LogP contribution in [0.4, 0.5) is 0 Å². The summed E-state index contributed by atoms with van der Waals surface area (Å²) >= 11 is 1.52. The molecule has 0 radical (unpaired) electrons. The second kappa shape index (κ2) is 11.4. The first kappa shape index (κ1) is 22.7. The van der Waals surface area contributed by atoms with Gasteiger partial charge >= 0.3 is 5.97 Å². The van der Waals surface area contributed by atoms with E-state index in [1.165, 1.54) is 36.0 Å². The van der Waals surface area contributed by atoms with Crippen molar-refractivity contribution in [1.82, 2.24) is 10.6 Å². The van der Waals surface area contributed by atoms with E-state index in [9.17, 15) is 29.7 Å². The number of carbonyl (C=O) groups excluding carboxylic acids is 2. The molecule has 10 heteroatoms. The van der Waals surface area contributed by atoms with E-state index in [0.29, 0.717) is 17.7 Å². The minimum absolute atomic E-state index is 0.0271. The molecule has 0 aliphatic heterocycles. The van der Waals surface area contributed by atoms with Crippen LogP contribution in [-0.2, 0) is 20.8 Å². The van der Waals surface area contributed by atoms with Gasteiger partial charge in [-0.25, -0.2) is 4.79 Å². The first-order chi connectivity index (χ1) is 12.8. The molecular weight excluding hydrogens is 374 g/mol. The summed E-state index contributed by atoms with van der Waals surface area (Å²) in [5.74, 6) is -1.98. The summed E-state index contributed by atoms with van der Waals surface area (Å²) in [5.41, 5.74) is 6.30. The fourth-order valence-electron chi connectivity index (χ4n) is 2.19. The van der Waals surface area contributed by atoms with Crippen molar-refractivity contribution in [2.24, 2.45) is 5.73 Å². The van der Waals surface area contributed by atoms with E-state index >= 15 is 0 Å². The maximum absolute atomic E-state index is 12.3. The molecule has 27 heavy (non-hydrogen) atoms. The maximum Gasteiger partial charge on any atom is 0.326 e. The molecule has 3 atom stereocenters. The Kier molecular flexibility index (Phi) is 9.62. The predicted molar refractivity (Wildman–Crippen MR) is 101 cm³/mol. The molecule has 3 unspecified atom stereocenters. The van der Waals surface area contributed by atoms with Crippen LogP contribution in [0.3, 0.4) is 0 Å². The monoisotopic (exact) mass is 399 g/mol. The highest BCUT2D eigenvalue weighted by Crippen LogP contribution is 2.11. The van der Waals surface area contributed by atoms with E-state index in [2.05, 4.69) is 10.6 Å². The van der Waals surface area contributed by atoms with Gasteiger partial charge in [0.1, 0.15) is 17.8 Å². The number of aliphatic hydroxyl groups is 1. The van der Waals surface area contributed by atoms with E-state index in [4.69, 9.17) is 5.73 Å². The van der Waals surface area contributed by atoms with Crippen LogP contribution in [0.15, 0.2) is 24.3 Å². The fourth-order valence-corrected chi connectivity index (χ4v) is 2.68. The molecule has 0 heterocycles. The number of hydrogen-bond donors (Lipinski definition) is 6. The average Bonchev–Trinajstić information content (AvgIpc) is 2.64. The Morgan fingerprint density at radius 3 is 2.22 bits per heavy atom. The third-order valence-corrected chi connectivity index (χ3v) is 4.42. The fraction of sp³-hybridized carbons (Fsp3) is 0.471. The zero-order chi connectivity index (χ0) is 20.4. The highest BCUT2D eigenvalue weighted by atomic mass is 32.2. The number of aliphatic carboxylic acids is 1. The lowest BCUT2D eigenvalue weighted by molar-refractivity contribution is -0.142. The van der Waals surface area contributed by atoms with Gasteiger partial charge in [0.05, 0.1) is 12.6 Å². The molecule has 150 valence electrons. The van der Waals surface area contributed by atoms with Crippen LogP contribution in [-0.4, -0.2) is 69.8 Å². The van der Waals surface area contributed by atoms with Crippen molar-refractivity contribution >= 4 is 29.5 Å². The number of phenolic OH excluding ortho intramolecular Hbond substituents is 1. The van der Waals surface area contributed by atoms with E-state index < -0.39 is 42.5 Å². The van der Waals surface area contributed by atoms with Crippen LogP contribution in [0.1, 0.15) is 12.0 Å². The summed E-state index contributed by atoms with van der Waals surface area (Å²) in [4.78, 5) is 35.7. The Labute approximate surface area is 161 Å². The standard InChI is InChI=1S/C17H25N3O6S/c1-27-7-6-12(18)15(23)20-14(9-21)16(24)19-13(17(25)26)8-10-2-4-11(22)5-3-10/h2-5,12-14,21-22H,6-9,18H2,1H3,(H,19,24)(H,20,23)(H,25,26). The van der Waals surface area contributed by atoms with Crippen molar-refractivity contribution in [1.29, 1.82) is 0 Å². The number of amides is 2. The minimum Gasteiger partial charge on any atom is -0.508 e. The second-order valence-corrected chi connectivity index (χ2v) is 6.89. The number of benzene rings is 1. The maximum atomic E-state index is 12.3. The predicted octanol–water partition coefficient (Wildman–Crippen LogP) is -0.938. The highest BCUT2D eigenvalue weighted by molar-refractivity contribution is 7.98. The highest BCUT2D eigenvalue weighted by Gasteiger charge is 2.27. The molecule has 0 fully saturated rings. The molecule has 1 aromatic rings. The SMILES string of the molecule is CSCCC(N)C(=O)NC(CO)C(=O)NC(Cc1ccc(O)cc1)C(=O)O. The zero-order valence-electron chi connectivity index (χ0n) is 14.9. The topological polar surface area (TPSA) is 162 Å². The first-order valence-corrected chi connectivity index (χ1v) is 9.64. The Balaban J connectivity index is 2.70.